The van der Waals surface area contributed by atoms with Gasteiger partial charge in [0.1, 0.15) is 72.4 Å². The second kappa shape index (κ2) is 24.9. The number of hydroxylamine groups is 4. The van der Waals surface area contributed by atoms with Gasteiger partial charge in [-0.2, -0.15) is 27.9 Å². The van der Waals surface area contributed by atoms with Gasteiger partial charge in [0.25, 0.3) is 35.8 Å². The zero-order chi connectivity index (χ0) is 62.0. The van der Waals surface area contributed by atoms with Crippen LogP contribution in [0.1, 0.15) is 51.2 Å². The Morgan fingerprint density at radius 2 is 1.07 bits per heavy atom. The number of aliphatic hydroxyl groups is 2. The number of amides is 4. The van der Waals surface area contributed by atoms with Crippen molar-refractivity contribution < 1.29 is 94.7 Å². The summed E-state index contributed by atoms with van der Waals surface area (Å²) in [7, 11) is -1.84. The second-order valence-corrected chi connectivity index (χ2v) is 23.0. The first-order valence-corrected chi connectivity index (χ1v) is 28.4. The summed E-state index contributed by atoms with van der Waals surface area (Å²) in [6, 6.07) is 5.89. The highest BCUT2D eigenvalue weighted by Gasteiger charge is 2.61. The van der Waals surface area contributed by atoms with E-state index < -0.39 is 118 Å². The minimum Gasteiger partial charge on any atom is -0.489 e. The van der Waals surface area contributed by atoms with Gasteiger partial charge < -0.3 is 73.1 Å². The number of carbonyl (C=O) groups excluding carboxylic acids is 4. The number of carbonyl (C=O) groups is 6. The lowest BCUT2D eigenvalue weighted by atomic mass is 9.84. The number of thiazole rings is 2. The van der Waals surface area contributed by atoms with E-state index in [-0.39, 0.29) is 59.5 Å². The van der Waals surface area contributed by atoms with Crippen LogP contribution in [0.15, 0.2) is 69.9 Å². The number of anilines is 2. The molecule has 4 aromatic heterocycles. The van der Waals surface area contributed by atoms with Crippen molar-refractivity contribution in [2.24, 2.45) is 35.9 Å². The van der Waals surface area contributed by atoms with Crippen LogP contribution in [0.4, 0.5) is 10.3 Å². The third kappa shape index (κ3) is 12.9. The Balaban J connectivity index is 0.884. The Kier molecular flexibility index (Phi) is 18.2. The quantitative estimate of drug-likeness (QED) is 0.0100. The largest absolute Gasteiger partial charge is 0.489 e. The molecule has 0 saturated carbocycles. The van der Waals surface area contributed by atoms with E-state index in [0.29, 0.717) is 20.9 Å². The first kappa shape index (κ1) is 62.4. The van der Waals surface area contributed by atoms with Gasteiger partial charge in [-0.05, 0) is 64.1 Å². The van der Waals surface area contributed by atoms with Crippen molar-refractivity contribution in [2.45, 2.75) is 75.1 Å². The third-order valence-corrected chi connectivity index (χ3v) is 15.7. The molecule has 6 atom stereocenters. The summed E-state index contributed by atoms with van der Waals surface area (Å²) in [6.45, 7) is 3.82. The van der Waals surface area contributed by atoms with E-state index in [4.69, 9.17) is 50.7 Å². The van der Waals surface area contributed by atoms with Gasteiger partial charge in [0.15, 0.2) is 21.7 Å². The van der Waals surface area contributed by atoms with E-state index >= 15 is 0 Å². The van der Waals surface area contributed by atoms with Gasteiger partial charge >= 0.3 is 22.3 Å². The molecule has 2 fully saturated rings. The Hall–Kier alpha value is -8.69. The Labute approximate surface area is 489 Å². The first-order valence-electron chi connectivity index (χ1n) is 25.3. The number of hydrogen-bond donors (Lipinski definition) is 10. The molecule has 6 heterocycles. The van der Waals surface area contributed by atoms with Gasteiger partial charge in [0.2, 0.25) is 24.5 Å². The van der Waals surface area contributed by atoms with Gasteiger partial charge in [-0.3, -0.25) is 19.2 Å². The van der Waals surface area contributed by atoms with E-state index in [1.807, 2.05) is 0 Å². The summed E-state index contributed by atoms with van der Waals surface area (Å²) >= 11 is 1.78. The molecule has 0 spiro atoms. The summed E-state index contributed by atoms with van der Waals surface area (Å²) in [4.78, 5) is 98.2. The molecule has 8 rings (SSSR count). The highest BCUT2D eigenvalue weighted by Crippen LogP contribution is 2.37. The van der Waals surface area contributed by atoms with Crippen molar-refractivity contribution in [3.05, 3.63) is 70.9 Å². The molecule has 0 radical (unpaired) electrons. The minimum atomic E-state index is -5.38. The number of nitrogens with one attached hydrogen (secondary N) is 2. The summed E-state index contributed by atoms with van der Waals surface area (Å²) in [5.41, 5.74) is 19.7. The molecule has 456 valence electrons. The lowest BCUT2D eigenvalue weighted by molar-refractivity contribution is -0.792. The Bertz CT molecular complexity index is 3510. The van der Waals surface area contributed by atoms with E-state index in [1.165, 1.54) is 38.5 Å². The number of ether oxygens (including phenoxy) is 2. The molecular weight excluding hydrogens is 1180 g/mol. The number of fused-ring (bicyclic) bond motifs is 2. The van der Waals surface area contributed by atoms with Crippen molar-refractivity contribution in [3.8, 4) is 11.5 Å². The number of oxime groups is 2. The SMILES string of the molecule is Cn1c2ccc(OC[C@H](O/N=C(\C(=O)N[C@@H]3C(=O)N(OS(=O)(=O)ON4C(=O)[C@@H](NC(=O)/C(=N\O[C@@H](COc5ccc6c(c5)c[n+]([C@@H](CN)CO)n6C)C(=O)O)c5csc(N)n5)C4(C)C)C3(C)C)c3csc(N)n3)C(=O)O)cc2c[n+]1[C@@H](CN)CO. The average Bonchev–Trinajstić information content (AvgIpc) is 1.80. The molecule has 6 aromatic rings. The van der Waals surface area contributed by atoms with Gasteiger partial charge in [-0.1, -0.05) is 10.3 Å². The fourth-order valence-electron chi connectivity index (χ4n) is 8.90. The standard InChI is InChI=1S/C48H58N16O18S3/c1-47(2)37(55-39(67)35(29-21-83-45(51)53-29)57-79-33(43(71)72)19-77-27-7-9-31-23(11-27)15-61(59(31)5)25(13-49)17-65)41(69)63(47)81-85(75,76)82-64-42(70)38(48(64,3)4)56-40(68)36(30-22-84-46(52)54-30)58-80-34(44(73)74)20-78-28-8-10-32-24(12-28)16-62(60(32)6)26(14-50)18-66/h7-12,15-16,21-22,25-26,33-34,37-38,65-66H,13-14,17-20,49-50H2,1-6H3,(H6-2,51,52,53,54,55,56,67,68,71,72,73,74)/p+2/b57-35-,58-36-/t25-,26-,33-,34-,37+,38+/m0/s1. The molecule has 85 heavy (non-hydrogen) atoms. The summed E-state index contributed by atoms with van der Waals surface area (Å²) < 4.78 is 55.4. The molecule has 2 aliphatic heterocycles. The van der Waals surface area contributed by atoms with Crippen LogP contribution in [-0.4, -0.2) is 180 Å². The number of rotatable bonds is 28. The second-order valence-electron chi connectivity index (χ2n) is 20.1. The molecule has 4 amide bonds. The normalized spacial score (nSPS) is 18.3. The lowest BCUT2D eigenvalue weighted by Crippen LogP contribution is -2.78. The summed E-state index contributed by atoms with van der Waals surface area (Å²) in [6.07, 6.45) is -0.169. The van der Waals surface area contributed by atoms with E-state index in [9.17, 15) is 57.6 Å². The number of nitrogen functional groups attached to an aromatic ring is 2. The van der Waals surface area contributed by atoms with Crippen LogP contribution >= 0.6 is 22.7 Å². The lowest BCUT2D eigenvalue weighted by Gasteiger charge is -2.52. The molecule has 0 unspecified atom stereocenters. The number of carboxylic acids is 2. The van der Waals surface area contributed by atoms with Crippen LogP contribution in [0, 0.1) is 0 Å². The van der Waals surface area contributed by atoms with Crippen LogP contribution in [0.25, 0.3) is 21.8 Å². The topological polar surface area (TPSA) is 476 Å². The average molecular weight is 1250 g/mol. The maximum Gasteiger partial charge on any atom is 0.442 e. The molecule has 2 aliphatic rings. The summed E-state index contributed by atoms with van der Waals surface area (Å²) in [5, 5.41) is 56.5. The zero-order valence-electron chi connectivity index (χ0n) is 46.0. The van der Waals surface area contributed by atoms with E-state index in [2.05, 4.69) is 30.9 Å². The molecule has 37 heteroatoms. The fourth-order valence-corrected chi connectivity index (χ4v) is 10.9. The number of nitrogens with two attached hydrogens (primary N) is 4. The fraction of sp³-hybridized carbons (Fsp3) is 0.417. The number of β-lactam (4-membered cyclic amide) rings is 2. The van der Waals surface area contributed by atoms with Crippen LogP contribution in [-0.2, 0) is 71.5 Å². The highest BCUT2D eigenvalue weighted by atomic mass is 32.3. The molecular formula is C48H60N16O18S3+2. The minimum absolute atomic E-state index is 0.0281. The molecule has 0 aliphatic carbocycles. The van der Waals surface area contributed by atoms with Gasteiger partial charge in [0.05, 0.1) is 49.0 Å². The number of carboxylic acid groups (broad SMARTS) is 2. The van der Waals surface area contributed by atoms with Crippen LogP contribution in [0.5, 0.6) is 11.5 Å². The zero-order valence-corrected chi connectivity index (χ0v) is 48.4. The number of benzene rings is 2. The molecule has 2 aromatic carbocycles. The van der Waals surface area contributed by atoms with Crippen molar-refractivity contribution in [1.29, 1.82) is 0 Å². The highest BCUT2D eigenvalue weighted by molar-refractivity contribution is 7.81. The monoisotopic (exact) mass is 1240 g/mol. The number of nitrogens with zero attached hydrogens (tertiary/aromatic N) is 10. The van der Waals surface area contributed by atoms with Crippen molar-refractivity contribution in [3.63, 3.8) is 0 Å². The molecule has 14 N–H and O–H groups in total. The predicted octanol–water partition coefficient (Wildman–Crippen LogP) is -3.17. The van der Waals surface area contributed by atoms with E-state index in [1.54, 1.807) is 81.6 Å². The number of aliphatic carboxylic acids is 2. The predicted molar refractivity (Wildman–Crippen MR) is 296 cm³/mol. The number of aryl methyl sites for hydroxylation is 2. The third-order valence-electron chi connectivity index (χ3n) is 13.7. The van der Waals surface area contributed by atoms with Crippen LogP contribution in [0.3, 0.4) is 0 Å². The van der Waals surface area contributed by atoms with Gasteiger partial charge in [0, 0.05) is 10.8 Å². The van der Waals surface area contributed by atoms with Crippen molar-refractivity contribution in [1.82, 2.24) is 40.1 Å². The Morgan fingerprint density at radius 3 is 1.38 bits per heavy atom. The molecule has 34 nitrogen and oxygen atoms in total. The molecule has 2 saturated heterocycles. The first-order chi connectivity index (χ1) is 40.1. The Morgan fingerprint density at radius 1 is 0.694 bits per heavy atom. The van der Waals surface area contributed by atoms with Crippen LogP contribution < -0.4 is 52.4 Å². The maximum atomic E-state index is 13.9. The van der Waals surface area contributed by atoms with Gasteiger partial charge in [-0.25, -0.2) is 19.6 Å². The summed E-state index contributed by atoms with van der Waals surface area (Å²) in [5.74, 6) is -7.21. The maximum absolute atomic E-state index is 13.9. The van der Waals surface area contributed by atoms with Crippen molar-refractivity contribution >= 4 is 112 Å². The number of aromatic nitrogens is 6. The van der Waals surface area contributed by atoms with Crippen LogP contribution in [0.2, 0.25) is 0 Å². The van der Waals surface area contributed by atoms with Crippen molar-refractivity contribution in [2.75, 3.05) is 51.0 Å². The van der Waals surface area contributed by atoms with Gasteiger partial charge in [-0.15, -0.1) is 40.6 Å². The number of hydrogen-bond acceptors (Lipinski definition) is 26. The number of aliphatic hydroxyl groups excluding tert-OH is 2. The smallest absolute Gasteiger partial charge is 0.442 e. The van der Waals surface area contributed by atoms with E-state index in [0.717, 1.165) is 33.7 Å². The molecule has 0 bridgehead atoms.